The number of aliphatic imine (C=N–C) groups is 1. The molecule has 0 bridgehead atoms. The number of halogens is 1. The highest BCUT2D eigenvalue weighted by Gasteiger charge is 2.45. The second-order valence-electron chi connectivity index (χ2n) is 6.80. The largest absolute Gasteiger partial charge is 0.491 e. The Morgan fingerprint density at radius 3 is 2.82 bits per heavy atom. The van der Waals surface area contributed by atoms with E-state index in [-0.39, 0.29) is 12.1 Å². The van der Waals surface area contributed by atoms with Gasteiger partial charge in [-0.3, -0.25) is 9.98 Å². The van der Waals surface area contributed by atoms with E-state index in [1.54, 1.807) is 7.11 Å². The first kappa shape index (κ1) is 19.4. The van der Waals surface area contributed by atoms with Gasteiger partial charge in [0.05, 0.1) is 30.5 Å². The number of ether oxygens (including phenoxy) is 2. The lowest BCUT2D eigenvalue weighted by atomic mass is 9.95. The first-order valence-corrected chi connectivity index (χ1v) is 10.9. The molecule has 3 heterocycles. The third-order valence-corrected chi connectivity index (χ3v) is 6.61. The molecule has 0 amide bonds. The molecule has 2 aromatic rings. The molecule has 7 heteroatoms. The molecular formula is C21H24ClN3O2S. The summed E-state index contributed by atoms with van der Waals surface area (Å²) in [5.41, 5.74) is 2.04. The molecule has 1 saturated heterocycles. The predicted octanol–water partition coefficient (Wildman–Crippen LogP) is 5.12. The zero-order valence-corrected chi connectivity index (χ0v) is 17.8. The van der Waals surface area contributed by atoms with E-state index < -0.39 is 0 Å². The van der Waals surface area contributed by atoms with Crippen LogP contribution in [0.15, 0.2) is 41.5 Å². The van der Waals surface area contributed by atoms with Crippen molar-refractivity contribution >= 4 is 28.5 Å². The van der Waals surface area contributed by atoms with Gasteiger partial charge in [0.2, 0.25) is 0 Å². The van der Waals surface area contributed by atoms with Gasteiger partial charge >= 0.3 is 0 Å². The number of nitrogens with zero attached hydrogens (tertiary/aromatic N) is 3. The van der Waals surface area contributed by atoms with Gasteiger partial charge in [-0.25, -0.2) is 0 Å². The van der Waals surface area contributed by atoms with E-state index in [0.717, 1.165) is 28.6 Å². The Morgan fingerprint density at radius 1 is 1.29 bits per heavy atom. The predicted molar refractivity (Wildman–Crippen MR) is 115 cm³/mol. The zero-order chi connectivity index (χ0) is 19.7. The number of thioether (sulfide) groups is 1. The van der Waals surface area contributed by atoms with Crippen LogP contribution in [0.4, 0.5) is 0 Å². The van der Waals surface area contributed by atoms with Crippen molar-refractivity contribution in [2.75, 3.05) is 19.5 Å². The van der Waals surface area contributed by atoms with Gasteiger partial charge in [-0.1, -0.05) is 36.4 Å². The number of amidine groups is 1. The zero-order valence-electron chi connectivity index (χ0n) is 16.3. The molecule has 1 fully saturated rings. The summed E-state index contributed by atoms with van der Waals surface area (Å²) in [4.78, 5) is 12.1. The van der Waals surface area contributed by atoms with E-state index in [1.165, 1.54) is 0 Å². The highest BCUT2D eigenvalue weighted by atomic mass is 35.5. The Balaban J connectivity index is 1.82. The van der Waals surface area contributed by atoms with Crippen molar-refractivity contribution in [3.05, 3.63) is 52.8 Å². The van der Waals surface area contributed by atoms with Gasteiger partial charge in [-0.05, 0) is 43.2 Å². The van der Waals surface area contributed by atoms with Crippen LogP contribution in [0, 0.1) is 0 Å². The second-order valence-corrected chi connectivity index (χ2v) is 8.20. The molecule has 0 spiro atoms. The second kappa shape index (κ2) is 8.21. The lowest BCUT2D eigenvalue weighted by Gasteiger charge is -2.32. The molecule has 0 N–H and O–H groups in total. The molecule has 1 aromatic heterocycles. The Hall–Kier alpha value is -1.92. The molecule has 1 aromatic carbocycles. The number of rotatable bonds is 6. The minimum Gasteiger partial charge on any atom is -0.491 e. The van der Waals surface area contributed by atoms with Crippen LogP contribution >= 0.6 is 23.4 Å². The molecule has 148 valence electrons. The lowest BCUT2D eigenvalue weighted by molar-refractivity contribution is 0.253. The highest BCUT2D eigenvalue weighted by molar-refractivity contribution is 8.14. The van der Waals surface area contributed by atoms with E-state index in [9.17, 15) is 0 Å². The van der Waals surface area contributed by atoms with Gasteiger partial charge < -0.3 is 14.4 Å². The minimum atomic E-state index is -0.0722. The van der Waals surface area contributed by atoms with Gasteiger partial charge in [0.15, 0.2) is 16.7 Å². The van der Waals surface area contributed by atoms with Gasteiger partial charge in [-0.2, -0.15) is 0 Å². The fourth-order valence-electron chi connectivity index (χ4n) is 3.93. The maximum absolute atomic E-state index is 6.57. The van der Waals surface area contributed by atoms with Gasteiger partial charge in [0.1, 0.15) is 6.04 Å². The van der Waals surface area contributed by atoms with Crippen molar-refractivity contribution in [2.24, 2.45) is 4.99 Å². The monoisotopic (exact) mass is 417 g/mol. The van der Waals surface area contributed by atoms with Crippen molar-refractivity contribution < 1.29 is 9.47 Å². The number of pyridine rings is 1. The average molecular weight is 418 g/mol. The molecule has 5 nitrogen and oxygen atoms in total. The Morgan fingerprint density at radius 2 is 2.14 bits per heavy atom. The number of aromatic nitrogens is 1. The quantitative estimate of drug-likeness (QED) is 0.652. The summed E-state index contributed by atoms with van der Waals surface area (Å²) in [6.07, 6.45) is 2.90. The van der Waals surface area contributed by atoms with Crippen LogP contribution in [-0.2, 0) is 0 Å². The van der Waals surface area contributed by atoms with Crippen molar-refractivity contribution in [3.63, 3.8) is 0 Å². The first-order valence-electron chi connectivity index (χ1n) is 9.58. The van der Waals surface area contributed by atoms with E-state index in [0.29, 0.717) is 29.2 Å². The van der Waals surface area contributed by atoms with Crippen molar-refractivity contribution in [3.8, 4) is 11.5 Å². The van der Waals surface area contributed by atoms with Crippen LogP contribution in [0.25, 0.3) is 0 Å². The minimum absolute atomic E-state index is 0.0347. The molecule has 3 atom stereocenters. The fraction of sp³-hybridized carbons (Fsp3) is 0.429. The molecule has 28 heavy (non-hydrogen) atoms. The summed E-state index contributed by atoms with van der Waals surface area (Å²) in [6, 6.07) is 10.4. The normalized spacial score (nSPS) is 23.5. The van der Waals surface area contributed by atoms with Crippen molar-refractivity contribution in [2.45, 2.75) is 38.4 Å². The number of fused-ring (bicyclic) bond motifs is 1. The summed E-state index contributed by atoms with van der Waals surface area (Å²) in [5.74, 6) is 2.30. The number of hydrogen-bond donors (Lipinski definition) is 0. The number of benzene rings is 1. The summed E-state index contributed by atoms with van der Waals surface area (Å²) in [7, 11) is 1.61. The lowest BCUT2D eigenvalue weighted by Crippen LogP contribution is -2.35. The van der Waals surface area contributed by atoms with E-state index in [1.807, 2.05) is 55.2 Å². The third kappa shape index (κ3) is 3.33. The van der Waals surface area contributed by atoms with Gasteiger partial charge in [0, 0.05) is 18.0 Å². The van der Waals surface area contributed by atoms with Crippen molar-refractivity contribution in [1.82, 2.24) is 9.88 Å². The summed E-state index contributed by atoms with van der Waals surface area (Å²) >= 11 is 8.40. The van der Waals surface area contributed by atoms with E-state index >= 15 is 0 Å². The molecule has 0 saturated carbocycles. The third-order valence-electron chi connectivity index (χ3n) is 5.21. The summed E-state index contributed by atoms with van der Waals surface area (Å²) in [5, 5.41) is 1.65. The molecule has 0 radical (unpaired) electrons. The van der Waals surface area contributed by atoms with Crippen LogP contribution in [0.3, 0.4) is 0 Å². The van der Waals surface area contributed by atoms with E-state index in [4.69, 9.17) is 26.1 Å². The Labute approximate surface area is 175 Å². The average Bonchev–Trinajstić information content (AvgIpc) is 3.27. The van der Waals surface area contributed by atoms with Gasteiger partial charge in [-0.15, -0.1) is 0 Å². The van der Waals surface area contributed by atoms with Crippen LogP contribution in [0.5, 0.6) is 11.5 Å². The molecule has 2 aliphatic heterocycles. The highest BCUT2D eigenvalue weighted by Crippen LogP contribution is 2.50. The summed E-state index contributed by atoms with van der Waals surface area (Å²) < 4.78 is 11.3. The Bertz CT molecular complexity index is 877. The molecule has 4 rings (SSSR count). The first-order chi connectivity index (χ1) is 13.7. The fourth-order valence-corrected chi connectivity index (χ4v) is 5.56. The molecule has 2 aliphatic rings. The molecule has 0 aliphatic carbocycles. The smallest absolute Gasteiger partial charge is 0.179 e. The van der Waals surface area contributed by atoms with Crippen LogP contribution in [0.1, 0.15) is 43.6 Å². The maximum atomic E-state index is 6.57. The number of methoxy groups -OCH3 is 1. The van der Waals surface area contributed by atoms with Crippen LogP contribution in [-0.4, -0.2) is 40.6 Å². The van der Waals surface area contributed by atoms with E-state index in [2.05, 4.69) is 16.8 Å². The topological polar surface area (TPSA) is 47.0 Å². The van der Waals surface area contributed by atoms with Gasteiger partial charge in [0.25, 0.3) is 0 Å². The Kier molecular flexibility index (Phi) is 5.69. The molecule has 0 unspecified atom stereocenters. The van der Waals surface area contributed by atoms with Crippen molar-refractivity contribution in [1.29, 1.82) is 0 Å². The molecular weight excluding hydrogens is 394 g/mol. The summed E-state index contributed by atoms with van der Waals surface area (Å²) in [6.45, 7) is 4.73. The maximum Gasteiger partial charge on any atom is 0.179 e. The SMILES string of the molecule is CCOc1cc([C@H]2[C@@H](c3ccccn3)N=C3SC[C@@H](CC)N32)cc(Cl)c1OC. The van der Waals surface area contributed by atoms with Crippen LogP contribution in [0.2, 0.25) is 5.02 Å². The number of hydrogen-bond acceptors (Lipinski definition) is 6. The van der Waals surface area contributed by atoms with Crippen LogP contribution < -0.4 is 9.47 Å². The standard InChI is InChI=1S/C21H24ClN3O2S/c1-4-14-12-28-21-24-18(16-8-6-7-9-23-16)19(25(14)21)13-10-15(22)20(26-3)17(11-13)27-5-2/h6-11,14,18-19H,4-5,12H2,1-3H3/t14-,18-,19+/m1/s1.